The van der Waals surface area contributed by atoms with Crippen molar-refractivity contribution in [2.75, 3.05) is 19.2 Å². The van der Waals surface area contributed by atoms with Crippen molar-refractivity contribution in [2.24, 2.45) is 5.73 Å². The number of nitrogens with zero attached hydrogens (tertiary/aromatic N) is 3. The van der Waals surface area contributed by atoms with E-state index in [0.29, 0.717) is 12.2 Å². The van der Waals surface area contributed by atoms with Gasteiger partial charge in [-0.05, 0) is 30.5 Å². The van der Waals surface area contributed by atoms with E-state index >= 15 is 0 Å². The number of pyridine rings is 1. The number of nitrogens with two attached hydrogens (primary N) is 1. The molecule has 26 heavy (non-hydrogen) atoms. The molecule has 1 aliphatic rings. The molecule has 0 unspecified atom stereocenters. The molecule has 1 aliphatic heterocycles. The summed E-state index contributed by atoms with van der Waals surface area (Å²) in [6.07, 6.45) is 0.429. The summed E-state index contributed by atoms with van der Waals surface area (Å²) in [6.45, 7) is 1.88. The predicted molar refractivity (Wildman–Crippen MR) is 97.6 cm³/mol. The molecule has 2 N–H and O–H groups in total. The molecule has 7 nitrogen and oxygen atoms in total. The molecule has 3 rings (SSSR count). The number of rotatable bonds is 3. The van der Waals surface area contributed by atoms with Crippen LogP contribution < -0.4 is 10.8 Å². The molecule has 0 saturated carbocycles. The van der Waals surface area contributed by atoms with Crippen LogP contribution in [-0.4, -0.2) is 42.0 Å². The van der Waals surface area contributed by atoms with Gasteiger partial charge in [0.15, 0.2) is 5.82 Å². The second kappa shape index (κ2) is 7.13. The van der Waals surface area contributed by atoms with E-state index in [-0.39, 0.29) is 0 Å². The molecule has 1 aromatic carbocycles. The van der Waals surface area contributed by atoms with Gasteiger partial charge in [-0.2, -0.15) is 0 Å². The summed E-state index contributed by atoms with van der Waals surface area (Å²) in [6, 6.07) is 11.3. The lowest BCUT2D eigenvalue weighted by atomic mass is 9.96. The summed E-state index contributed by atoms with van der Waals surface area (Å²) in [5.41, 5.74) is 9.75. The van der Waals surface area contributed by atoms with Crippen LogP contribution in [0, 0.1) is 6.92 Å². The first kappa shape index (κ1) is 17.9. The molecule has 7 heteroatoms. The maximum atomic E-state index is 12.4. The van der Waals surface area contributed by atoms with E-state index < -0.39 is 18.0 Å². The highest BCUT2D eigenvalue weighted by molar-refractivity contribution is 5.98. The molecule has 0 saturated heterocycles. The first-order valence-electron chi connectivity index (χ1n) is 8.39. The minimum Gasteiger partial charge on any atom is -0.320 e. The van der Waals surface area contributed by atoms with Gasteiger partial charge in [0, 0.05) is 31.8 Å². The van der Waals surface area contributed by atoms with Crippen LogP contribution in [0.25, 0.3) is 0 Å². The number of fused-ring (bicyclic) bond motifs is 1. The number of hydrogen-bond donors (Lipinski definition) is 1. The van der Waals surface area contributed by atoms with Gasteiger partial charge in [-0.15, -0.1) is 5.06 Å². The molecular weight excluding hydrogens is 332 g/mol. The maximum absolute atomic E-state index is 12.4. The van der Waals surface area contributed by atoms with Crippen molar-refractivity contribution in [2.45, 2.75) is 25.8 Å². The Morgan fingerprint density at radius 2 is 2.04 bits per heavy atom. The maximum Gasteiger partial charge on any atom is 0.434 e. The van der Waals surface area contributed by atoms with Gasteiger partial charge in [-0.25, -0.2) is 9.78 Å². The number of carbonyl (C=O) groups is 2. The van der Waals surface area contributed by atoms with Crippen molar-refractivity contribution >= 4 is 17.8 Å². The number of hydrogen-bond acceptors (Lipinski definition) is 5. The van der Waals surface area contributed by atoms with Crippen LogP contribution in [0.3, 0.4) is 0 Å². The monoisotopic (exact) mass is 354 g/mol. The minimum atomic E-state index is -0.772. The molecule has 0 bridgehead atoms. The largest absolute Gasteiger partial charge is 0.434 e. The van der Waals surface area contributed by atoms with Crippen molar-refractivity contribution in [3.8, 4) is 0 Å². The average Bonchev–Trinajstić information content (AvgIpc) is 2.61. The van der Waals surface area contributed by atoms with Gasteiger partial charge in [0.25, 0.3) is 5.91 Å². The molecule has 136 valence electrons. The van der Waals surface area contributed by atoms with Gasteiger partial charge in [0.2, 0.25) is 0 Å². The fourth-order valence-electron chi connectivity index (χ4n) is 2.83. The molecular formula is C19H22N4O3. The van der Waals surface area contributed by atoms with Gasteiger partial charge in [0.05, 0.1) is 6.04 Å². The highest BCUT2D eigenvalue weighted by Crippen LogP contribution is 2.29. The summed E-state index contributed by atoms with van der Waals surface area (Å²) in [4.78, 5) is 35.3. The Morgan fingerprint density at radius 1 is 1.35 bits per heavy atom. The van der Waals surface area contributed by atoms with E-state index in [4.69, 9.17) is 10.6 Å². The van der Waals surface area contributed by atoms with Gasteiger partial charge < -0.3 is 15.5 Å². The second-order valence-corrected chi connectivity index (χ2v) is 6.57. The van der Waals surface area contributed by atoms with Crippen molar-refractivity contribution in [3.63, 3.8) is 0 Å². The number of aromatic nitrogens is 1. The number of anilines is 1. The van der Waals surface area contributed by atoms with Crippen LogP contribution in [0.2, 0.25) is 0 Å². The Hall–Kier alpha value is -2.93. The molecule has 2 aromatic rings. The molecule has 0 fully saturated rings. The van der Waals surface area contributed by atoms with Crippen LogP contribution in [0.1, 0.15) is 22.4 Å². The van der Waals surface area contributed by atoms with Crippen molar-refractivity contribution in [1.82, 2.24) is 9.88 Å². The first-order chi connectivity index (χ1) is 12.4. The predicted octanol–water partition coefficient (Wildman–Crippen LogP) is 1.81. The van der Waals surface area contributed by atoms with Crippen LogP contribution in [-0.2, 0) is 22.5 Å². The Kier molecular flexibility index (Phi) is 4.90. The normalized spacial score (nSPS) is 16.2. The number of amides is 2. The third-order valence-corrected chi connectivity index (χ3v) is 4.30. The minimum absolute atomic E-state index is 0.334. The summed E-state index contributed by atoms with van der Waals surface area (Å²) in [5, 5.41) is 0.922. The van der Waals surface area contributed by atoms with Crippen molar-refractivity contribution in [3.05, 3.63) is 58.8 Å². The topological polar surface area (TPSA) is 88.8 Å². The van der Waals surface area contributed by atoms with Gasteiger partial charge >= 0.3 is 6.09 Å². The zero-order valence-corrected chi connectivity index (χ0v) is 15.1. The van der Waals surface area contributed by atoms with Gasteiger partial charge in [0.1, 0.15) is 0 Å². The number of hydroxylamine groups is 1. The first-order valence-corrected chi connectivity index (χ1v) is 8.39. The number of aryl methyl sites for hydroxylation is 1. The van der Waals surface area contributed by atoms with Crippen LogP contribution >= 0.6 is 0 Å². The lowest BCUT2D eigenvalue weighted by molar-refractivity contribution is -0.126. The summed E-state index contributed by atoms with van der Waals surface area (Å²) >= 11 is 0. The third kappa shape index (κ3) is 3.52. The Bertz CT molecular complexity index is 836. The summed E-state index contributed by atoms with van der Waals surface area (Å²) in [7, 11) is 3.08. The number of benzene rings is 1. The van der Waals surface area contributed by atoms with E-state index in [0.717, 1.165) is 28.3 Å². The average molecular weight is 354 g/mol. The Morgan fingerprint density at radius 3 is 2.69 bits per heavy atom. The van der Waals surface area contributed by atoms with E-state index in [1.807, 2.05) is 31.2 Å². The molecule has 0 radical (unpaired) electrons. The SMILES string of the molecule is Cc1nc2c(cc1Cc1ccccc1)C[C@H](N)C(=O)N2OC(=O)N(C)C. The van der Waals surface area contributed by atoms with Crippen molar-refractivity contribution < 1.29 is 14.4 Å². The van der Waals surface area contributed by atoms with Crippen molar-refractivity contribution in [1.29, 1.82) is 0 Å². The van der Waals surface area contributed by atoms with Gasteiger partial charge in [-0.1, -0.05) is 30.3 Å². The lowest BCUT2D eigenvalue weighted by Crippen LogP contribution is -2.51. The molecule has 1 atom stereocenters. The third-order valence-electron chi connectivity index (χ3n) is 4.30. The second-order valence-electron chi connectivity index (χ2n) is 6.57. The van der Waals surface area contributed by atoms with Crippen LogP contribution in [0.15, 0.2) is 36.4 Å². The molecule has 2 amide bonds. The standard InChI is InChI=1S/C19H22N4O3/c1-12-14(9-13-7-5-4-6-8-13)10-15-11-16(20)18(24)23(17(15)21-12)26-19(25)22(2)3/h4-8,10,16H,9,11,20H2,1-3H3/t16-/m0/s1. The van der Waals surface area contributed by atoms with Crippen LogP contribution in [0.4, 0.5) is 10.6 Å². The molecule has 1 aromatic heterocycles. The fourth-order valence-corrected chi connectivity index (χ4v) is 2.83. The fraction of sp³-hybridized carbons (Fsp3) is 0.316. The summed E-state index contributed by atoms with van der Waals surface area (Å²) < 4.78 is 0. The van der Waals surface area contributed by atoms with E-state index in [1.165, 1.54) is 10.5 Å². The van der Waals surface area contributed by atoms with E-state index in [9.17, 15) is 9.59 Å². The van der Waals surface area contributed by atoms with E-state index in [2.05, 4.69) is 17.1 Å². The molecule has 0 spiro atoms. The molecule has 2 heterocycles. The van der Waals surface area contributed by atoms with E-state index in [1.54, 1.807) is 14.1 Å². The number of carbonyl (C=O) groups excluding carboxylic acids is 2. The Balaban J connectivity index is 1.96. The highest BCUT2D eigenvalue weighted by atomic mass is 16.7. The zero-order chi connectivity index (χ0) is 18.8. The lowest BCUT2D eigenvalue weighted by Gasteiger charge is -2.31. The Labute approximate surface area is 152 Å². The zero-order valence-electron chi connectivity index (χ0n) is 15.1. The smallest absolute Gasteiger partial charge is 0.320 e. The highest BCUT2D eigenvalue weighted by Gasteiger charge is 2.35. The van der Waals surface area contributed by atoms with Gasteiger partial charge in [-0.3, -0.25) is 4.79 Å². The summed E-state index contributed by atoms with van der Waals surface area (Å²) in [5.74, 6) is -0.142. The van der Waals surface area contributed by atoms with Crippen LogP contribution in [0.5, 0.6) is 0 Å². The molecule has 0 aliphatic carbocycles. The quantitative estimate of drug-likeness (QED) is 0.908.